The van der Waals surface area contributed by atoms with Crippen LogP contribution in [0.2, 0.25) is 0 Å². The molecule has 0 bridgehead atoms. The van der Waals surface area contributed by atoms with E-state index in [0.717, 1.165) is 16.1 Å². The Labute approximate surface area is 95.0 Å². The van der Waals surface area contributed by atoms with Gasteiger partial charge < -0.3 is 4.84 Å². The summed E-state index contributed by atoms with van der Waals surface area (Å²) in [5, 5.41) is 0.483. The Morgan fingerprint density at radius 3 is 2.88 bits per heavy atom. The summed E-state index contributed by atoms with van der Waals surface area (Å²) in [6.07, 6.45) is 1.48. The molecule has 0 N–H and O–H groups in total. The molecule has 0 unspecified atom stereocenters. The summed E-state index contributed by atoms with van der Waals surface area (Å²) in [6.45, 7) is 3.58. The number of benzene rings is 1. The topological polar surface area (TPSA) is 48.3 Å². The van der Waals surface area contributed by atoms with Crippen molar-refractivity contribution in [2.45, 2.75) is 0 Å². The summed E-state index contributed by atoms with van der Waals surface area (Å²) >= 11 is 0.981. The number of nitrogens with zero attached hydrogens (tertiary/aromatic N) is 1. The monoisotopic (exact) mass is 235 g/mol. The van der Waals surface area contributed by atoms with Crippen molar-refractivity contribution < 1.29 is 4.84 Å². The average molecular weight is 235 g/mol. The average Bonchev–Trinajstić information content (AvgIpc) is 2.29. The van der Waals surface area contributed by atoms with Gasteiger partial charge in [0.05, 0.1) is 5.39 Å². The van der Waals surface area contributed by atoms with Crippen LogP contribution in [0.4, 0.5) is 0 Å². The van der Waals surface area contributed by atoms with Gasteiger partial charge in [0.15, 0.2) is 0 Å². The summed E-state index contributed by atoms with van der Waals surface area (Å²) in [7, 11) is 0. The van der Waals surface area contributed by atoms with Crippen LogP contribution in [0.3, 0.4) is 0 Å². The van der Waals surface area contributed by atoms with Crippen LogP contribution >= 0.6 is 11.3 Å². The highest BCUT2D eigenvalue weighted by Gasteiger charge is 2.07. The third kappa shape index (κ3) is 1.77. The molecule has 82 valence electrons. The fourth-order valence-corrected chi connectivity index (χ4v) is 2.12. The van der Waals surface area contributed by atoms with E-state index < -0.39 is 10.4 Å². The van der Waals surface area contributed by atoms with E-state index in [1.807, 2.05) is 0 Å². The Morgan fingerprint density at radius 2 is 2.12 bits per heavy atom. The van der Waals surface area contributed by atoms with Gasteiger partial charge in [-0.1, -0.05) is 40.9 Å². The predicted molar refractivity (Wildman–Crippen MR) is 64.0 cm³/mol. The Kier molecular flexibility index (Phi) is 2.87. The molecule has 0 aliphatic rings. The highest BCUT2D eigenvalue weighted by Crippen LogP contribution is 2.10. The quantitative estimate of drug-likeness (QED) is 0.747. The maximum atomic E-state index is 11.9. The van der Waals surface area contributed by atoms with Gasteiger partial charge in [0.25, 0.3) is 5.56 Å². The first-order chi connectivity index (χ1) is 7.74. The zero-order chi connectivity index (χ0) is 11.5. The molecule has 1 heterocycles. The Balaban J connectivity index is 2.71. The lowest BCUT2D eigenvalue weighted by Gasteiger charge is -2.04. The molecule has 0 atom stereocenters. The largest absolute Gasteiger partial charge is 0.402 e. The summed E-state index contributed by atoms with van der Waals surface area (Å²) in [5.41, 5.74) is -0.429. The van der Waals surface area contributed by atoms with Gasteiger partial charge in [-0.25, -0.2) is 0 Å². The number of aromatic nitrogens is 1. The molecular weight excluding hydrogens is 226 g/mol. The van der Waals surface area contributed by atoms with E-state index in [4.69, 9.17) is 4.84 Å². The Bertz CT molecular complexity index is 641. The molecular formula is C11H9NO3S. The van der Waals surface area contributed by atoms with Crippen molar-refractivity contribution in [2.75, 3.05) is 6.61 Å². The molecule has 0 spiro atoms. The molecule has 0 saturated carbocycles. The highest BCUT2D eigenvalue weighted by atomic mass is 32.1. The van der Waals surface area contributed by atoms with E-state index >= 15 is 0 Å². The maximum absolute atomic E-state index is 11.9. The summed E-state index contributed by atoms with van der Waals surface area (Å²) in [5.74, 6) is 0. The molecule has 4 nitrogen and oxygen atoms in total. The van der Waals surface area contributed by atoms with Crippen LogP contribution in [-0.2, 0) is 0 Å². The third-order valence-corrected chi connectivity index (χ3v) is 2.90. The van der Waals surface area contributed by atoms with E-state index in [2.05, 4.69) is 6.58 Å². The van der Waals surface area contributed by atoms with Crippen LogP contribution in [0.25, 0.3) is 10.1 Å². The SMILES string of the molecule is C=CCOn1c(=O)sc2ccccc2c1=O. The van der Waals surface area contributed by atoms with Crippen LogP contribution in [0.15, 0.2) is 46.5 Å². The first-order valence-electron chi connectivity index (χ1n) is 4.63. The minimum atomic E-state index is -0.429. The normalized spacial score (nSPS) is 10.2. The minimum absolute atomic E-state index is 0.125. The number of rotatable bonds is 3. The van der Waals surface area contributed by atoms with Gasteiger partial charge in [-0.2, -0.15) is 0 Å². The van der Waals surface area contributed by atoms with E-state index in [0.29, 0.717) is 10.1 Å². The second-order valence-corrected chi connectivity index (χ2v) is 4.04. The molecule has 1 aromatic carbocycles. The van der Waals surface area contributed by atoms with Gasteiger partial charge in [-0.3, -0.25) is 9.59 Å². The second kappa shape index (κ2) is 4.32. The molecule has 0 aliphatic carbocycles. The standard InChI is InChI=1S/C11H9NO3S/c1-2-7-15-12-10(13)8-5-3-4-6-9(8)16-11(12)14/h2-6H,1,7H2. The lowest BCUT2D eigenvalue weighted by Crippen LogP contribution is -2.36. The van der Waals surface area contributed by atoms with Crippen LogP contribution in [0.1, 0.15) is 0 Å². The van der Waals surface area contributed by atoms with Crippen molar-refractivity contribution >= 4 is 21.4 Å². The Hall–Kier alpha value is -1.88. The van der Waals surface area contributed by atoms with Gasteiger partial charge in [-0.05, 0) is 12.1 Å². The molecule has 5 heteroatoms. The molecule has 16 heavy (non-hydrogen) atoms. The van der Waals surface area contributed by atoms with E-state index in [-0.39, 0.29) is 6.61 Å². The van der Waals surface area contributed by atoms with Gasteiger partial charge in [-0.15, -0.1) is 0 Å². The lowest BCUT2D eigenvalue weighted by molar-refractivity contribution is 0.122. The number of fused-ring (bicyclic) bond motifs is 1. The maximum Gasteiger partial charge on any atom is 0.343 e. The van der Waals surface area contributed by atoms with Crippen molar-refractivity contribution in [1.29, 1.82) is 0 Å². The van der Waals surface area contributed by atoms with E-state index in [1.165, 1.54) is 6.08 Å². The van der Waals surface area contributed by atoms with Crippen molar-refractivity contribution in [2.24, 2.45) is 0 Å². The minimum Gasteiger partial charge on any atom is -0.402 e. The van der Waals surface area contributed by atoms with Crippen LogP contribution in [0, 0.1) is 0 Å². The lowest BCUT2D eigenvalue weighted by atomic mass is 10.3. The Morgan fingerprint density at radius 1 is 1.38 bits per heavy atom. The fourth-order valence-electron chi connectivity index (χ4n) is 1.30. The van der Waals surface area contributed by atoms with Crippen LogP contribution < -0.4 is 15.3 Å². The fraction of sp³-hybridized carbons (Fsp3) is 0.0909. The van der Waals surface area contributed by atoms with Gasteiger partial charge >= 0.3 is 4.87 Å². The van der Waals surface area contributed by atoms with Crippen molar-refractivity contribution in [3.05, 3.63) is 56.9 Å². The first kappa shape index (κ1) is 10.6. The number of hydrogen-bond donors (Lipinski definition) is 0. The smallest absolute Gasteiger partial charge is 0.343 e. The summed E-state index contributed by atoms with van der Waals surface area (Å²) < 4.78 is 1.44. The molecule has 0 aliphatic heterocycles. The van der Waals surface area contributed by atoms with Gasteiger partial charge in [0, 0.05) is 4.70 Å². The predicted octanol–water partition coefficient (Wildman–Crippen LogP) is 1.04. The van der Waals surface area contributed by atoms with Crippen LogP contribution in [0.5, 0.6) is 0 Å². The second-order valence-electron chi connectivity index (χ2n) is 3.05. The molecule has 0 saturated heterocycles. The van der Waals surface area contributed by atoms with E-state index in [9.17, 15) is 9.59 Å². The van der Waals surface area contributed by atoms with Gasteiger partial charge in [0.1, 0.15) is 6.61 Å². The van der Waals surface area contributed by atoms with Crippen LogP contribution in [-0.4, -0.2) is 11.3 Å². The van der Waals surface area contributed by atoms with E-state index in [1.54, 1.807) is 24.3 Å². The molecule has 0 radical (unpaired) electrons. The van der Waals surface area contributed by atoms with Crippen molar-refractivity contribution in [3.63, 3.8) is 0 Å². The molecule has 2 aromatic rings. The highest BCUT2D eigenvalue weighted by molar-refractivity contribution is 7.16. The third-order valence-electron chi connectivity index (χ3n) is 1.99. The summed E-state index contributed by atoms with van der Waals surface area (Å²) in [4.78, 5) is 28.0. The molecule has 2 rings (SSSR count). The first-order valence-corrected chi connectivity index (χ1v) is 5.45. The zero-order valence-corrected chi connectivity index (χ0v) is 9.20. The van der Waals surface area contributed by atoms with Crippen molar-refractivity contribution in [3.8, 4) is 0 Å². The number of hydrogen-bond acceptors (Lipinski definition) is 4. The van der Waals surface area contributed by atoms with Crippen molar-refractivity contribution in [1.82, 2.24) is 4.73 Å². The zero-order valence-electron chi connectivity index (χ0n) is 8.38. The summed E-state index contributed by atoms with van der Waals surface area (Å²) in [6, 6.07) is 6.94. The molecule has 0 fully saturated rings. The molecule has 0 amide bonds. The molecule has 1 aromatic heterocycles. The van der Waals surface area contributed by atoms with Gasteiger partial charge in [0.2, 0.25) is 0 Å².